The summed E-state index contributed by atoms with van der Waals surface area (Å²) in [6, 6.07) is 8.44. The molecule has 0 aromatic heterocycles. The molecule has 9 heteroatoms. The molecule has 5 amide bonds. The van der Waals surface area contributed by atoms with Gasteiger partial charge in [-0.2, -0.15) is 4.90 Å². The first-order valence-electron chi connectivity index (χ1n) is 10.5. The van der Waals surface area contributed by atoms with Gasteiger partial charge in [0.25, 0.3) is 5.91 Å². The number of hydrogen-bond donors (Lipinski definition) is 0. The average molecular weight is 447 g/mol. The van der Waals surface area contributed by atoms with Gasteiger partial charge in [0, 0.05) is 12.8 Å². The minimum atomic E-state index is -1.53. The maximum atomic E-state index is 13.2. The van der Waals surface area contributed by atoms with Gasteiger partial charge in [0.15, 0.2) is 0 Å². The zero-order chi connectivity index (χ0) is 23.9. The van der Waals surface area contributed by atoms with E-state index in [-0.39, 0.29) is 18.9 Å². The van der Waals surface area contributed by atoms with Gasteiger partial charge in [0.2, 0.25) is 0 Å². The van der Waals surface area contributed by atoms with Crippen molar-refractivity contribution in [1.82, 2.24) is 9.80 Å². The quantitative estimate of drug-likeness (QED) is 0.640. The second-order valence-electron chi connectivity index (χ2n) is 10.1. The lowest BCUT2D eigenvalue weighted by atomic mass is 9.73. The van der Waals surface area contributed by atoms with Crippen LogP contribution in [0.4, 0.5) is 14.4 Å². The highest BCUT2D eigenvalue weighted by Gasteiger charge is 2.69. The summed E-state index contributed by atoms with van der Waals surface area (Å²) in [6.07, 6.45) is -2.32. The number of carbonyl (C=O) groups is 4. The average Bonchev–Trinajstić information content (AvgIpc) is 2.84. The Morgan fingerprint density at radius 2 is 1.47 bits per heavy atom. The first-order chi connectivity index (χ1) is 14.7. The third-order valence-corrected chi connectivity index (χ3v) is 5.02. The molecular weight excluding hydrogens is 416 g/mol. The molecule has 174 valence electrons. The van der Waals surface area contributed by atoms with E-state index in [1.807, 2.05) is 30.3 Å². The molecule has 0 bridgehead atoms. The molecule has 1 aliphatic carbocycles. The first-order valence-corrected chi connectivity index (χ1v) is 10.5. The molecule has 0 atom stereocenters. The van der Waals surface area contributed by atoms with Crippen LogP contribution < -0.4 is 0 Å². The Balaban J connectivity index is 1.81. The minimum Gasteiger partial charge on any atom is -0.443 e. The van der Waals surface area contributed by atoms with Gasteiger partial charge in [-0.05, 0) is 47.1 Å². The molecule has 0 unspecified atom stereocenters. The Hall–Kier alpha value is -2.94. The van der Waals surface area contributed by atoms with Crippen LogP contribution in [0.3, 0.4) is 0 Å². The van der Waals surface area contributed by atoms with Crippen LogP contribution >= 0.6 is 0 Å². The molecule has 9 nitrogen and oxygen atoms in total. The summed E-state index contributed by atoms with van der Waals surface area (Å²) in [5.74, 6) is -0.804. The van der Waals surface area contributed by atoms with E-state index in [0.717, 1.165) is 10.5 Å². The number of imide groups is 4. The predicted molar refractivity (Wildman–Crippen MR) is 114 cm³/mol. The third kappa shape index (κ3) is 4.77. The van der Waals surface area contributed by atoms with Crippen molar-refractivity contribution in [3.8, 4) is 0 Å². The highest BCUT2D eigenvalue weighted by molar-refractivity contribution is 6.21. The lowest BCUT2D eigenvalue weighted by molar-refractivity contribution is -0.148. The van der Waals surface area contributed by atoms with E-state index < -0.39 is 40.9 Å². The number of carbonyl (C=O) groups excluding carboxylic acids is 4. The molecule has 2 aliphatic rings. The van der Waals surface area contributed by atoms with Crippen LogP contribution in [0, 0.1) is 0 Å². The Morgan fingerprint density at radius 3 is 2.00 bits per heavy atom. The van der Waals surface area contributed by atoms with Crippen LogP contribution in [0.1, 0.15) is 59.9 Å². The molecule has 2 fully saturated rings. The van der Waals surface area contributed by atoms with Gasteiger partial charge in [-0.15, -0.1) is 0 Å². The summed E-state index contributed by atoms with van der Waals surface area (Å²) >= 11 is 0. The monoisotopic (exact) mass is 446 g/mol. The van der Waals surface area contributed by atoms with E-state index in [0.29, 0.717) is 11.5 Å². The summed E-state index contributed by atoms with van der Waals surface area (Å²) in [6.45, 7) is 10.1. The number of urea groups is 1. The van der Waals surface area contributed by atoms with Crippen molar-refractivity contribution in [3.05, 3.63) is 35.9 Å². The summed E-state index contributed by atoms with van der Waals surface area (Å²) < 4.78 is 16.4. The number of rotatable bonds is 3. The molecule has 1 saturated heterocycles. The second kappa shape index (κ2) is 8.20. The fourth-order valence-electron chi connectivity index (χ4n) is 3.66. The van der Waals surface area contributed by atoms with E-state index in [4.69, 9.17) is 14.2 Å². The SMILES string of the molecule is CC(C)(C)OC(=O)N1C(=O)N(C(=O)OC(C)(C)C)[C@]2(C[C@H](OCc3ccccc3)C2)C1=O. The largest absolute Gasteiger partial charge is 0.443 e. The number of hydrogen-bond acceptors (Lipinski definition) is 7. The molecule has 1 aliphatic heterocycles. The maximum absolute atomic E-state index is 13.2. The molecular formula is C23H30N2O7. The van der Waals surface area contributed by atoms with E-state index >= 15 is 0 Å². The van der Waals surface area contributed by atoms with Crippen LogP contribution in [0.15, 0.2) is 30.3 Å². The van der Waals surface area contributed by atoms with Crippen molar-refractivity contribution in [2.45, 2.75) is 83.8 Å². The minimum absolute atomic E-state index is 0.0724. The van der Waals surface area contributed by atoms with Crippen LogP contribution in [0.2, 0.25) is 0 Å². The summed E-state index contributed by atoms with van der Waals surface area (Å²) in [5.41, 5.74) is -2.39. The van der Waals surface area contributed by atoms with Crippen molar-refractivity contribution in [1.29, 1.82) is 0 Å². The van der Waals surface area contributed by atoms with Crippen molar-refractivity contribution in [2.75, 3.05) is 0 Å². The van der Waals surface area contributed by atoms with Crippen molar-refractivity contribution in [3.63, 3.8) is 0 Å². The normalized spacial score (nSPS) is 23.4. The first kappa shape index (κ1) is 23.7. The highest BCUT2D eigenvalue weighted by atomic mass is 16.6. The molecule has 1 heterocycles. The van der Waals surface area contributed by atoms with Gasteiger partial charge in [0.05, 0.1) is 12.7 Å². The van der Waals surface area contributed by atoms with Crippen molar-refractivity contribution in [2.24, 2.45) is 0 Å². The van der Waals surface area contributed by atoms with Crippen LogP contribution in [-0.2, 0) is 25.6 Å². The predicted octanol–water partition coefficient (Wildman–Crippen LogP) is 4.24. The van der Waals surface area contributed by atoms with Crippen LogP contribution in [0.25, 0.3) is 0 Å². The highest BCUT2D eigenvalue weighted by Crippen LogP contribution is 2.47. The molecule has 1 spiro atoms. The molecule has 1 saturated carbocycles. The van der Waals surface area contributed by atoms with Gasteiger partial charge < -0.3 is 14.2 Å². The fraction of sp³-hybridized carbons (Fsp3) is 0.565. The Bertz CT molecular complexity index is 909. The van der Waals surface area contributed by atoms with Gasteiger partial charge in [0.1, 0.15) is 16.7 Å². The number of benzene rings is 1. The van der Waals surface area contributed by atoms with Crippen LogP contribution in [0.5, 0.6) is 0 Å². The summed E-state index contributed by atoms with van der Waals surface area (Å²) in [5, 5.41) is 0. The number of nitrogens with zero attached hydrogens (tertiary/aromatic N) is 2. The van der Waals surface area contributed by atoms with Crippen LogP contribution in [-0.4, -0.2) is 56.8 Å². The van der Waals surface area contributed by atoms with Crippen molar-refractivity contribution >= 4 is 24.1 Å². The fourth-order valence-corrected chi connectivity index (χ4v) is 3.66. The van der Waals surface area contributed by atoms with E-state index in [9.17, 15) is 19.2 Å². The Kier molecular flexibility index (Phi) is 6.08. The molecule has 3 rings (SSSR count). The lowest BCUT2D eigenvalue weighted by Gasteiger charge is -2.46. The number of ether oxygens (including phenoxy) is 3. The van der Waals surface area contributed by atoms with E-state index in [1.165, 1.54) is 0 Å². The zero-order valence-corrected chi connectivity index (χ0v) is 19.3. The topological polar surface area (TPSA) is 102 Å². The van der Waals surface area contributed by atoms with E-state index in [2.05, 4.69) is 0 Å². The third-order valence-electron chi connectivity index (χ3n) is 5.02. The summed E-state index contributed by atoms with van der Waals surface area (Å²) in [7, 11) is 0. The van der Waals surface area contributed by atoms with Crippen molar-refractivity contribution < 1.29 is 33.4 Å². The molecule has 1 aromatic rings. The molecule has 0 radical (unpaired) electrons. The standard InChI is InChI=1S/C23H30N2O7/c1-21(2,3)31-19(28)24-17(26)23(25(18(24)27)20(29)32-22(4,5)6)12-16(13-23)30-14-15-10-8-7-9-11-15/h7-11,16H,12-14H2,1-6H3/t16-,23-. The Morgan fingerprint density at radius 1 is 0.938 bits per heavy atom. The Labute approximate surface area is 187 Å². The summed E-state index contributed by atoms with van der Waals surface area (Å²) in [4.78, 5) is 52.9. The van der Waals surface area contributed by atoms with Gasteiger partial charge in [-0.25, -0.2) is 19.3 Å². The second-order valence-corrected chi connectivity index (χ2v) is 10.1. The van der Waals surface area contributed by atoms with Gasteiger partial charge in [-0.1, -0.05) is 30.3 Å². The van der Waals surface area contributed by atoms with Gasteiger partial charge in [-0.3, -0.25) is 4.79 Å². The maximum Gasteiger partial charge on any atom is 0.425 e. The smallest absolute Gasteiger partial charge is 0.425 e. The lowest BCUT2D eigenvalue weighted by Crippen LogP contribution is -2.63. The molecule has 32 heavy (non-hydrogen) atoms. The zero-order valence-electron chi connectivity index (χ0n) is 19.3. The van der Waals surface area contributed by atoms with E-state index in [1.54, 1.807) is 41.5 Å². The number of amides is 5. The molecule has 1 aromatic carbocycles. The van der Waals surface area contributed by atoms with Gasteiger partial charge >= 0.3 is 18.2 Å². The molecule has 0 N–H and O–H groups in total.